The van der Waals surface area contributed by atoms with E-state index in [1.807, 2.05) is 0 Å². The Bertz CT molecular complexity index is 708. The predicted molar refractivity (Wildman–Crippen MR) is 84.5 cm³/mol. The topological polar surface area (TPSA) is 64.6 Å². The zero-order valence-electron chi connectivity index (χ0n) is 13.3. The van der Waals surface area contributed by atoms with Crippen LogP contribution in [0.5, 0.6) is 11.8 Å². The van der Waals surface area contributed by atoms with Crippen LogP contribution in [0.15, 0.2) is 36.7 Å². The van der Waals surface area contributed by atoms with Gasteiger partial charge >= 0.3 is 0 Å². The fraction of sp³-hybridized carbons (Fsp3) is 0.353. The second kappa shape index (κ2) is 7.25. The number of carbonyl (C=O) groups excluding carboxylic acids is 1. The average molecular weight is 331 g/mol. The molecule has 1 atom stereocenters. The summed E-state index contributed by atoms with van der Waals surface area (Å²) in [4.78, 5) is 22.4. The van der Waals surface area contributed by atoms with Crippen LogP contribution in [0.1, 0.15) is 23.2 Å². The van der Waals surface area contributed by atoms with Gasteiger partial charge in [-0.2, -0.15) is 4.98 Å². The molecule has 2 aromatic rings. The van der Waals surface area contributed by atoms with E-state index in [1.165, 1.54) is 43.8 Å². The van der Waals surface area contributed by atoms with E-state index in [4.69, 9.17) is 9.47 Å². The number of benzene rings is 1. The van der Waals surface area contributed by atoms with Crippen molar-refractivity contribution in [2.24, 2.45) is 0 Å². The summed E-state index contributed by atoms with van der Waals surface area (Å²) in [5, 5.41) is 0. The summed E-state index contributed by atoms with van der Waals surface area (Å²) in [5.74, 6) is 0.265. The quantitative estimate of drug-likeness (QED) is 0.860. The number of piperidine rings is 1. The Kier molecular flexibility index (Phi) is 4.88. The fourth-order valence-electron chi connectivity index (χ4n) is 2.65. The Morgan fingerprint density at radius 2 is 2.00 bits per heavy atom. The van der Waals surface area contributed by atoms with E-state index < -0.39 is 0 Å². The molecule has 1 aliphatic rings. The molecule has 0 bridgehead atoms. The second-order valence-electron chi connectivity index (χ2n) is 5.54. The highest BCUT2D eigenvalue weighted by Crippen LogP contribution is 2.19. The highest BCUT2D eigenvalue weighted by Gasteiger charge is 2.26. The number of hydrogen-bond acceptors (Lipinski definition) is 5. The first-order valence-electron chi connectivity index (χ1n) is 7.73. The van der Waals surface area contributed by atoms with Crippen LogP contribution < -0.4 is 9.47 Å². The SMILES string of the molecule is COc1cncc(OC2CCCN(C(=O)c3ccc(F)cc3)C2)n1. The smallest absolute Gasteiger partial charge is 0.253 e. The number of aromatic nitrogens is 2. The Balaban J connectivity index is 1.65. The molecule has 1 aromatic carbocycles. The third-order valence-corrected chi connectivity index (χ3v) is 3.84. The summed E-state index contributed by atoms with van der Waals surface area (Å²) in [6.07, 6.45) is 4.51. The molecule has 0 saturated carbocycles. The van der Waals surface area contributed by atoms with Crippen molar-refractivity contribution in [3.05, 3.63) is 48.0 Å². The van der Waals surface area contributed by atoms with Gasteiger partial charge in [0.05, 0.1) is 26.0 Å². The fourth-order valence-corrected chi connectivity index (χ4v) is 2.65. The summed E-state index contributed by atoms with van der Waals surface area (Å²) in [6, 6.07) is 5.57. The van der Waals surface area contributed by atoms with Crippen molar-refractivity contribution in [1.82, 2.24) is 14.9 Å². The number of ether oxygens (including phenoxy) is 2. The first kappa shape index (κ1) is 16.2. The van der Waals surface area contributed by atoms with Crippen LogP contribution in [0, 0.1) is 5.82 Å². The minimum Gasteiger partial charge on any atom is -0.480 e. The summed E-state index contributed by atoms with van der Waals surface area (Å²) < 4.78 is 23.8. The molecule has 0 aliphatic carbocycles. The van der Waals surface area contributed by atoms with Crippen LogP contribution in [-0.4, -0.2) is 47.1 Å². The number of hydrogen-bond donors (Lipinski definition) is 0. The molecular weight excluding hydrogens is 313 g/mol. The normalized spacial score (nSPS) is 17.4. The highest BCUT2D eigenvalue weighted by molar-refractivity contribution is 5.94. The molecule has 126 valence electrons. The second-order valence-corrected chi connectivity index (χ2v) is 5.54. The van der Waals surface area contributed by atoms with Gasteiger partial charge in [-0.05, 0) is 37.1 Å². The van der Waals surface area contributed by atoms with Crippen molar-refractivity contribution in [3.8, 4) is 11.8 Å². The summed E-state index contributed by atoms with van der Waals surface area (Å²) in [7, 11) is 1.51. The van der Waals surface area contributed by atoms with Crippen LogP contribution in [0.25, 0.3) is 0 Å². The maximum Gasteiger partial charge on any atom is 0.253 e. The molecule has 1 unspecified atom stereocenters. The van der Waals surface area contributed by atoms with E-state index in [9.17, 15) is 9.18 Å². The van der Waals surface area contributed by atoms with E-state index in [1.54, 1.807) is 4.90 Å². The Labute approximate surface area is 139 Å². The number of carbonyl (C=O) groups is 1. The van der Waals surface area contributed by atoms with Gasteiger partial charge in [-0.3, -0.25) is 9.78 Å². The molecule has 1 saturated heterocycles. The molecule has 0 spiro atoms. The van der Waals surface area contributed by atoms with E-state index in [2.05, 4.69) is 9.97 Å². The van der Waals surface area contributed by atoms with Crippen LogP contribution in [0.4, 0.5) is 4.39 Å². The van der Waals surface area contributed by atoms with Gasteiger partial charge in [0.1, 0.15) is 11.9 Å². The standard InChI is InChI=1S/C17H18FN3O3/c1-23-15-9-19-10-16(20-15)24-14-3-2-8-21(11-14)17(22)12-4-6-13(18)7-5-12/h4-7,9-10,14H,2-3,8,11H2,1H3. The van der Waals surface area contributed by atoms with Crippen molar-refractivity contribution in [2.45, 2.75) is 18.9 Å². The number of methoxy groups -OCH3 is 1. The van der Waals surface area contributed by atoms with Crippen LogP contribution in [-0.2, 0) is 0 Å². The first-order chi connectivity index (χ1) is 11.7. The van der Waals surface area contributed by atoms with Crippen molar-refractivity contribution in [3.63, 3.8) is 0 Å². The lowest BCUT2D eigenvalue weighted by Gasteiger charge is -2.32. The molecule has 0 N–H and O–H groups in total. The zero-order chi connectivity index (χ0) is 16.9. The first-order valence-corrected chi connectivity index (χ1v) is 7.73. The maximum absolute atomic E-state index is 13.0. The number of likely N-dealkylation sites (tertiary alicyclic amines) is 1. The third kappa shape index (κ3) is 3.79. The molecule has 3 rings (SSSR count). The summed E-state index contributed by atoms with van der Waals surface area (Å²) >= 11 is 0. The minimum absolute atomic E-state index is 0.125. The molecule has 7 heteroatoms. The molecule has 1 amide bonds. The van der Waals surface area contributed by atoms with Gasteiger partial charge in [0.25, 0.3) is 5.91 Å². The largest absolute Gasteiger partial charge is 0.480 e. The predicted octanol–water partition coefficient (Wildman–Crippen LogP) is 2.31. The lowest BCUT2D eigenvalue weighted by Crippen LogP contribution is -2.44. The Morgan fingerprint density at radius 1 is 1.25 bits per heavy atom. The van der Waals surface area contributed by atoms with Crippen LogP contribution in [0.3, 0.4) is 0 Å². The Hall–Kier alpha value is -2.70. The van der Waals surface area contributed by atoms with E-state index in [0.29, 0.717) is 30.4 Å². The molecule has 6 nitrogen and oxygen atoms in total. The highest BCUT2D eigenvalue weighted by atomic mass is 19.1. The van der Waals surface area contributed by atoms with E-state index in [-0.39, 0.29) is 17.8 Å². The lowest BCUT2D eigenvalue weighted by molar-refractivity contribution is 0.0525. The van der Waals surface area contributed by atoms with Crippen molar-refractivity contribution < 1.29 is 18.7 Å². The Morgan fingerprint density at radius 3 is 2.75 bits per heavy atom. The zero-order valence-corrected chi connectivity index (χ0v) is 13.3. The van der Waals surface area contributed by atoms with Crippen molar-refractivity contribution in [2.75, 3.05) is 20.2 Å². The molecule has 1 aromatic heterocycles. The number of amides is 1. The molecule has 1 aliphatic heterocycles. The summed E-state index contributed by atoms with van der Waals surface area (Å²) in [5.41, 5.74) is 0.471. The van der Waals surface area contributed by atoms with Crippen LogP contribution >= 0.6 is 0 Å². The maximum atomic E-state index is 13.0. The molecule has 0 radical (unpaired) electrons. The lowest BCUT2D eigenvalue weighted by atomic mass is 10.1. The third-order valence-electron chi connectivity index (χ3n) is 3.84. The van der Waals surface area contributed by atoms with Gasteiger partial charge in [-0.1, -0.05) is 0 Å². The average Bonchev–Trinajstić information content (AvgIpc) is 2.62. The van der Waals surface area contributed by atoms with Gasteiger partial charge in [0.2, 0.25) is 11.8 Å². The molecular formula is C17H18FN3O3. The number of nitrogens with zero attached hydrogens (tertiary/aromatic N) is 3. The number of rotatable bonds is 4. The molecule has 1 fully saturated rings. The van der Waals surface area contributed by atoms with Gasteiger partial charge in [-0.15, -0.1) is 0 Å². The van der Waals surface area contributed by atoms with Crippen molar-refractivity contribution in [1.29, 1.82) is 0 Å². The number of halogens is 1. The van der Waals surface area contributed by atoms with Crippen LogP contribution in [0.2, 0.25) is 0 Å². The summed E-state index contributed by atoms with van der Waals surface area (Å²) in [6.45, 7) is 1.11. The molecule has 24 heavy (non-hydrogen) atoms. The van der Waals surface area contributed by atoms with Gasteiger partial charge < -0.3 is 14.4 Å². The monoisotopic (exact) mass is 331 g/mol. The van der Waals surface area contributed by atoms with Gasteiger partial charge in [0, 0.05) is 12.1 Å². The van der Waals surface area contributed by atoms with E-state index in [0.717, 1.165) is 12.8 Å². The van der Waals surface area contributed by atoms with E-state index >= 15 is 0 Å². The van der Waals surface area contributed by atoms with Gasteiger partial charge in [0.15, 0.2) is 0 Å². The van der Waals surface area contributed by atoms with Gasteiger partial charge in [-0.25, -0.2) is 4.39 Å². The molecule has 2 heterocycles. The minimum atomic E-state index is -0.358. The van der Waals surface area contributed by atoms with Crippen molar-refractivity contribution >= 4 is 5.91 Å².